The summed E-state index contributed by atoms with van der Waals surface area (Å²) in [4.78, 5) is 6.75. The molecule has 4 nitrogen and oxygen atoms in total. The molecule has 2 aromatic rings. The summed E-state index contributed by atoms with van der Waals surface area (Å²) in [5.74, 6) is 0. The molecule has 12 heteroatoms. The lowest BCUT2D eigenvalue weighted by Gasteiger charge is -2.12. The SMILES string of the molecule is CC(c1ccc(C(F)(F)F)nc1)S(C)=NC#N.CSC(C)c1ccc(C(F)(F)F)nc1. The predicted molar refractivity (Wildman–Crippen MR) is 110 cm³/mol. The van der Waals surface area contributed by atoms with Gasteiger partial charge in [0.2, 0.25) is 6.19 Å². The van der Waals surface area contributed by atoms with Crippen LogP contribution in [-0.4, -0.2) is 22.5 Å². The zero-order chi connectivity index (χ0) is 23.8. The maximum Gasteiger partial charge on any atom is 0.433 e. The molecule has 2 heterocycles. The van der Waals surface area contributed by atoms with Gasteiger partial charge in [-0.1, -0.05) is 22.8 Å². The van der Waals surface area contributed by atoms with E-state index in [0.717, 1.165) is 17.7 Å². The first-order chi connectivity index (χ1) is 14.3. The molecule has 0 aromatic carbocycles. The van der Waals surface area contributed by atoms with E-state index in [0.29, 0.717) is 5.56 Å². The van der Waals surface area contributed by atoms with Crippen LogP contribution in [0.1, 0.15) is 46.9 Å². The van der Waals surface area contributed by atoms with E-state index in [1.54, 1.807) is 31.1 Å². The summed E-state index contributed by atoms with van der Waals surface area (Å²) < 4.78 is 76.9. The van der Waals surface area contributed by atoms with Gasteiger partial charge < -0.3 is 0 Å². The molecule has 3 unspecified atom stereocenters. The summed E-state index contributed by atoms with van der Waals surface area (Å²) in [5, 5.41) is 8.46. The Morgan fingerprint density at radius 2 is 1.39 bits per heavy atom. The molecular weight excluding hydrogens is 462 g/mol. The molecule has 170 valence electrons. The summed E-state index contributed by atoms with van der Waals surface area (Å²) in [7, 11) is -0.551. The predicted octanol–water partition coefficient (Wildman–Crippen LogP) is 6.60. The van der Waals surface area contributed by atoms with Crippen molar-refractivity contribution in [3.8, 4) is 6.19 Å². The molecule has 2 aromatic heterocycles. The van der Waals surface area contributed by atoms with Crippen LogP contribution < -0.4 is 0 Å². The number of thioether (sulfide) groups is 1. The highest BCUT2D eigenvalue weighted by molar-refractivity contribution is 7.98. The fourth-order valence-electron chi connectivity index (χ4n) is 2.10. The number of pyridine rings is 2. The maximum atomic E-state index is 12.3. The van der Waals surface area contributed by atoms with E-state index in [9.17, 15) is 26.3 Å². The Kier molecular flexibility index (Phi) is 9.96. The van der Waals surface area contributed by atoms with E-state index in [2.05, 4.69) is 14.3 Å². The van der Waals surface area contributed by atoms with E-state index in [-0.39, 0.29) is 10.5 Å². The van der Waals surface area contributed by atoms with Gasteiger partial charge in [-0.15, -0.1) is 0 Å². The largest absolute Gasteiger partial charge is 0.433 e. The van der Waals surface area contributed by atoms with Crippen LogP contribution in [0.25, 0.3) is 0 Å². The third-order valence-electron chi connectivity index (χ3n) is 4.14. The van der Waals surface area contributed by atoms with Crippen LogP contribution >= 0.6 is 11.8 Å². The average Bonchev–Trinajstić information content (AvgIpc) is 2.72. The molecule has 0 aliphatic rings. The molecule has 0 saturated carbocycles. The molecule has 0 aliphatic heterocycles. The molecule has 2 rings (SSSR count). The number of hydrogen-bond donors (Lipinski definition) is 0. The van der Waals surface area contributed by atoms with Crippen molar-refractivity contribution in [1.29, 1.82) is 5.26 Å². The fraction of sp³-hybridized carbons (Fsp3) is 0.421. The van der Waals surface area contributed by atoms with Crippen molar-refractivity contribution in [2.75, 3.05) is 12.5 Å². The zero-order valence-electron chi connectivity index (χ0n) is 17.0. The second kappa shape index (κ2) is 11.5. The Hall–Kier alpha value is -2.13. The molecule has 0 fully saturated rings. The van der Waals surface area contributed by atoms with E-state index in [1.807, 2.05) is 13.2 Å². The molecule has 0 aliphatic carbocycles. The second-order valence-corrected chi connectivity index (χ2v) is 9.30. The first-order valence-corrected chi connectivity index (χ1v) is 11.6. The minimum atomic E-state index is -4.42. The second-order valence-electron chi connectivity index (χ2n) is 6.18. The standard InChI is InChI=1S/C10H10F3N3S.C9H10F3NS/c1-7(17(2)16-6-14)8-3-4-9(15-5-8)10(11,12)13;1-6(14-2)7-3-4-8(13-5-7)9(10,11)12/h3-5,7H,1-2H3;3-6H,1-2H3. The van der Waals surface area contributed by atoms with Crippen molar-refractivity contribution in [2.45, 2.75) is 36.7 Å². The summed E-state index contributed by atoms with van der Waals surface area (Å²) in [6.07, 6.45) is -0.953. The summed E-state index contributed by atoms with van der Waals surface area (Å²) >= 11 is 1.57. The van der Waals surface area contributed by atoms with Crippen LogP contribution in [0, 0.1) is 11.5 Å². The van der Waals surface area contributed by atoms with Gasteiger partial charge >= 0.3 is 12.4 Å². The molecule has 0 spiro atoms. The molecule has 3 atom stereocenters. The third-order valence-corrected chi connectivity index (χ3v) is 6.79. The van der Waals surface area contributed by atoms with Crippen molar-refractivity contribution in [3.05, 3.63) is 59.2 Å². The van der Waals surface area contributed by atoms with Crippen molar-refractivity contribution < 1.29 is 26.3 Å². The van der Waals surface area contributed by atoms with E-state index < -0.39 is 34.4 Å². The average molecular weight is 483 g/mol. The van der Waals surface area contributed by atoms with Gasteiger partial charge in [0.05, 0.1) is 0 Å². The number of nitrogens with zero attached hydrogens (tertiary/aromatic N) is 4. The number of alkyl halides is 6. The lowest BCUT2D eigenvalue weighted by Crippen LogP contribution is -2.09. The highest BCUT2D eigenvalue weighted by Crippen LogP contribution is 2.30. The molecule has 0 bridgehead atoms. The minimum absolute atomic E-state index is 0.121. The zero-order valence-corrected chi connectivity index (χ0v) is 18.6. The Morgan fingerprint density at radius 1 is 0.935 bits per heavy atom. The first kappa shape index (κ1) is 26.9. The van der Waals surface area contributed by atoms with Crippen LogP contribution in [0.4, 0.5) is 26.3 Å². The summed E-state index contributed by atoms with van der Waals surface area (Å²) in [6.45, 7) is 3.73. The van der Waals surface area contributed by atoms with Crippen molar-refractivity contribution >= 4 is 22.5 Å². The summed E-state index contributed by atoms with van der Waals surface area (Å²) in [5.41, 5.74) is -0.301. The fourth-order valence-corrected chi connectivity index (χ4v) is 3.34. The topological polar surface area (TPSA) is 61.9 Å². The number of nitriles is 1. The van der Waals surface area contributed by atoms with Crippen LogP contribution in [0.5, 0.6) is 0 Å². The van der Waals surface area contributed by atoms with Crippen molar-refractivity contribution in [1.82, 2.24) is 9.97 Å². The Balaban J connectivity index is 0.000000316. The molecule has 0 radical (unpaired) electrons. The van der Waals surface area contributed by atoms with Gasteiger partial charge in [-0.3, -0.25) is 9.97 Å². The van der Waals surface area contributed by atoms with Gasteiger partial charge in [-0.2, -0.15) is 47.7 Å². The first-order valence-electron chi connectivity index (χ1n) is 8.65. The van der Waals surface area contributed by atoms with Gasteiger partial charge in [0.15, 0.2) is 0 Å². The normalized spacial score (nSPS) is 14.7. The monoisotopic (exact) mass is 482 g/mol. The van der Waals surface area contributed by atoms with Crippen LogP contribution in [-0.2, 0) is 23.0 Å². The van der Waals surface area contributed by atoms with E-state index in [4.69, 9.17) is 5.26 Å². The van der Waals surface area contributed by atoms with Crippen LogP contribution in [0.2, 0.25) is 0 Å². The van der Waals surface area contributed by atoms with Gasteiger partial charge in [-0.05, 0) is 49.6 Å². The Bertz CT molecular complexity index is 903. The Labute approximate surface area is 183 Å². The maximum absolute atomic E-state index is 12.3. The molecular formula is C19H20F6N4S2. The summed E-state index contributed by atoms with van der Waals surface area (Å²) in [6, 6.07) is 4.80. The highest BCUT2D eigenvalue weighted by Gasteiger charge is 2.32. The molecule has 0 saturated heterocycles. The number of hydrogen-bond acceptors (Lipinski definition) is 5. The minimum Gasteiger partial charge on any atom is -0.251 e. The van der Waals surface area contributed by atoms with E-state index >= 15 is 0 Å². The van der Waals surface area contributed by atoms with Gasteiger partial charge in [0.1, 0.15) is 11.4 Å². The number of rotatable bonds is 4. The van der Waals surface area contributed by atoms with Crippen molar-refractivity contribution in [3.63, 3.8) is 0 Å². The van der Waals surface area contributed by atoms with Gasteiger partial charge in [-0.25, -0.2) is 0 Å². The van der Waals surface area contributed by atoms with Gasteiger partial charge in [0, 0.05) is 22.9 Å². The Morgan fingerprint density at radius 3 is 1.71 bits per heavy atom. The van der Waals surface area contributed by atoms with Crippen molar-refractivity contribution in [2.24, 2.45) is 4.36 Å². The molecule has 31 heavy (non-hydrogen) atoms. The molecule has 0 amide bonds. The lowest BCUT2D eigenvalue weighted by molar-refractivity contribution is -0.142. The lowest BCUT2D eigenvalue weighted by atomic mass is 10.2. The number of halogens is 6. The quantitative estimate of drug-likeness (QED) is 0.364. The van der Waals surface area contributed by atoms with Crippen LogP contribution in [0.3, 0.4) is 0 Å². The van der Waals surface area contributed by atoms with Gasteiger partial charge in [0.25, 0.3) is 0 Å². The molecule has 0 N–H and O–H groups in total. The number of aromatic nitrogens is 2. The van der Waals surface area contributed by atoms with Crippen LogP contribution in [0.15, 0.2) is 41.0 Å². The van der Waals surface area contributed by atoms with E-state index in [1.165, 1.54) is 24.5 Å². The highest BCUT2D eigenvalue weighted by atomic mass is 32.2. The third kappa shape index (κ3) is 8.49. The smallest absolute Gasteiger partial charge is 0.251 e.